The second kappa shape index (κ2) is 10.1. The van der Waals surface area contributed by atoms with Gasteiger partial charge in [-0.25, -0.2) is 4.79 Å². The molecule has 0 radical (unpaired) electrons. The Morgan fingerprint density at radius 2 is 1.81 bits per heavy atom. The van der Waals surface area contributed by atoms with Crippen LogP contribution in [0.2, 0.25) is 5.02 Å². The van der Waals surface area contributed by atoms with Gasteiger partial charge in [0.25, 0.3) is 0 Å². The van der Waals surface area contributed by atoms with Crippen LogP contribution in [-0.2, 0) is 11.3 Å². The minimum Gasteiger partial charge on any atom is -0.495 e. The number of carbonyl (C=O) groups is 2. The van der Waals surface area contributed by atoms with E-state index >= 15 is 0 Å². The van der Waals surface area contributed by atoms with Gasteiger partial charge in [-0.1, -0.05) is 41.4 Å². The summed E-state index contributed by atoms with van der Waals surface area (Å²) in [6, 6.07) is 11.0. The SMILES string of the molecule is COc1cc(OC)c(NC(=O)N2CCC[C@@](C)(C(=O)NCc3ccc(C)cc3)C2)cc1Cl. The fourth-order valence-corrected chi connectivity index (χ4v) is 4.09. The first-order valence-corrected chi connectivity index (χ1v) is 10.9. The monoisotopic (exact) mass is 459 g/mol. The topological polar surface area (TPSA) is 79.9 Å². The van der Waals surface area contributed by atoms with Crippen LogP contribution in [0.1, 0.15) is 30.9 Å². The highest BCUT2D eigenvalue weighted by Gasteiger charge is 2.39. The third kappa shape index (κ3) is 5.46. The molecule has 2 N–H and O–H groups in total. The van der Waals surface area contributed by atoms with E-state index in [4.69, 9.17) is 21.1 Å². The average Bonchev–Trinajstić information content (AvgIpc) is 2.78. The number of piperidine rings is 1. The molecule has 32 heavy (non-hydrogen) atoms. The lowest BCUT2D eigenvalue weighted by atomic mass is 9.81. The molecule has 1 aliphatic rings. The molecule has 7 nitrogen and oxygen atoms in total. The number of nitrogens with zero attached hydrogens (tertiary/aromatic N) is 1. The van der Waals surface area contributed by atoms with Crippen LogP contribution >= 0.6 is 11.6 Å². The summed E-state index contributed by atoms with van der Waals surface area (Å²) >= 11 is 6.21. The summed E-state index contributed by atoms with van der Waals surface area (Å²) in [5, 5.41) is 6.24. The first-order valence-electron chi connectivity index (χ1n) is 10.6. The van der Waals surface area contributed by atoms with Crippen molar-refractivity contribution in [3.05, 3.63) is 52.5 Å². The van der Waals surface area contributed by atoms with E-state index in [0.717, 1.165) is 12.0 Å². The molecule has 172 valence electrons. The number of hydrogen-bond acceptors (Lipinski definition) is 4. The lowest BCUT2D eigenvalue weighted by molar-refractivity contribution is -0.132. The van der Waals surface area contributed by atoms with E-state index in [1.165, 1.54) is 19.8 Å². The van der Waals surface area contributed by atoms with E-state index in [1.54, 1.807) is 17.0 Å². The van der Waals surface area contributed by atoms with Crippen molar-refractivity contribution < 1.29 is 19.1 Å². The molecule has 1 heterocycles. The van der Waals surface area contributed by atoms with E-state index in [9.17, 15) is 9.59 Å². The van der Waals surface area contributed by atoms with Gasteiger partial charge in [-0.2, -0.15) is 0 Å². The predicted molar refractivity (Wildman–Crippen MR) is 126 cm³/mol. The number of halogens is 1. The van der Waals surface area contributed by atoms with Gasteiger partial charge in [-0.15, -0.1) is 0 Å². The number of amides is 3. The molecule has 2 aromatic carbocycles. The Morgan fingerprint density at radius 3 is 2.47 bits per heavy atom. The quantitative estimate of drug-likeness (QED) is 0.660. The van der Waals surface area contributed by atoms with Gasteiger partial charge in [-0.3, -0.25) is 4.79 Å². The van der Waals surface area contributed by atoms with Gasteiger partial charge in [0.1, 0.15) is 11.5 Å². The highest BCUT2D eigenvalue weighted by molar-refractivity contribution is 6.32. The van der Waals surface area contributed by atoms with Crippen molar-refractivity contribution in [2.45, 2.75) is 33.2 Å². The molecule has 1 saturated heterocycles. The van der Waals surface area contributed by atoms with Crippen LogP contribution in [0.25, 0.3) is 0 Å². The van der Waals surface area contributed by atoms with Crippen molar-refractivity contribution in [1.29, 1.82) is 0 Å². The van der Waals surface area contributed by atoms with E-state index in [-0.39, 0.29) is 11.9 Å². The molecule has 0 aliphatic carbocycles. The smallest absolute Gasteiger partial charge is 0.321 e. The number of likely N-dealkylation sites (tertiary alicyclic amines) is 1. The van der Waals surface area contributed by atoms with Gasteiger partial charge >= 0.3 is 6.03 Å². The van der Waals surface area contributed by atoms with Crippen molar-refractivity contribution in [2.75, 3.05) is 32.6 Å². The Bertz CT molecular complexity index is 980. The number of urea groups is 1. The lowest BCUT2D eigenvalue weighted by Crippen LogP contribution is -2.52. The third-order valence-corrected chi connectivity index (χ3v) is 6.12. The van der Waals surface area contributed by atoms with E-state index < -0.39 is 5.41 Å². The molecule has 0 bridgehead atoms. The summed E-state index contributed by atoms with van der Waals surface area (Å²) in [6.45, 7) is 5.29. The molecule has 2 aromatic rings. The number of aryl methyl sites for hydroxylation is 1. The standard InChI is InChI=1S/C24H30ClN3O4/c1-16-6-8-17(9-7-16)14-26-22(29)24(2)10-5-11-28(15-24)23(30)27-19-12-18(25)20(31-3)13-21(19)32-4/h6-9,12-13H,5,10-11,14-15H2,1-4H3,(H,26,29)(H,27,30)/t24-/m1/s1. The van der Waals surface area contributed by atoms with Crippen molar-refractivity contribution in [3.63, 3.8) is 0 Å². The first-order chi connectivity index (χ1) is 15.3. The van der Waals surface area contributed by atoms with Crippen LogP contribution in [0.15, 0.2) is 36.4 Å². The summed E-state index contributed by atoms with van der Waals surface area (Å²) in [4.78, 5) is 27.6. The number of methoxy groups -OCH3 is 2. The van der Waals surface area contributed by atoms with Gasteiger partial charge in [0.2, 0.25) is 5.91 Å². The molecule has 8 heteroatoms. The van der Waals surface area contributed by atoms with E-state index in [0.29, 0.717) is 48.3 Å². The van der Waals surface area contributed by atoms with Crippen LogP contribution in [0, 0.1) is 12.3 Å². The number of rotatable bonds is 6. The highest BCUT2D eigenvalue weighted by Crippen LogP contribution is 2.36. The molecule has 3 rings (SSSR count). The van der Waals surface area contributed by atoms with Crippen LogP contribution in [0.5, 0.6) is 11.5 Å². The third-order valence-electron chi connectivity index (χ3n) is 5.82. The Kier molecular flexibility index (Phi) is 7.51. The Morgan fingerprint density at radius 1 is 1.12 bits per heavy atom. The van der Waals surface area contributed by atoms with Crippen LogP contribution in [0.3, 0.4) is 0 Å². The fourth-order valence-electron chi connectivity index (χ4n) is 3.85. The van der Waals surface area contributed by atoms with Crippen LogP contribution < -0.4 is 20.1 Å². The molecular formula is C24H30ClN3O4. The fraction of sp³-hybridized carbons (Fsp3) is 0.417. The molecule has 0 saturated carbocycles. The molecule has 0 spiro atoms. The average molecular weight is 460 g/mol. The first kappa shape index (κ1) is 23.7. The van der Waals surface area contributed by atoms with Crippen molar-refractivity contribution in [3.8, 4) is 11.5 Å². The number of nitrogens with one attached hydrogen (secondary N) is 2. The van der Waals surface area contributed by atoms with Gasteiger partial charge in [0.15, 0.2) is 0 Å². The molecule has 1 fully saturated rings. The van der Waals surface area contributed by atoms with E-state index in [1.807, 2.05) is 38.1 Å². The molecule has 3 amide bonds. The number of carbonyl (C=O) groups excluding carboxylic acids is 2. The maximum absolute atomic E-state index is 13.0. The maximum Gasteiger partial charge on any atom is 0.321 e. The lowest BCUT2D eigenvalue weighted by Gasteiger charge is -2.39. The Labute approximate surface area is 194 Å². The molecule has 0 aromatic heterocycles. The molecular weight excluding hydrogens is 430 g/mol. The number of anilines is 1. The summed E-state index contributed by atoms with van der Waals surface area (Å²) in [5.41, 5.74) is 2.00. The zero-order valence-corrected chi connectivity index (χ0v) is 19.7. The van der Waals surface area contributed by atoms with Crippen molar-refractivity contribution >= 4 is 29.2 Å². The Hall–Kier alpha value is -2.93. The number of hydrogen-bond donors (Lipinski definition) is 2. The van der Waals surface area contributed by atoms with Gasteiger partial charge < -0.3 is 25.0 Å². The zero-order valence-electron chi connectivity index (χ0n) is 19.0. The number of benzene rings is 2. The Balaban J connectivity index is 1.65. The predicted octanol–water partition coefficient (Wildman–Crippen LogP) is 4.62. The van der Waals surface area contributed by atoms with Crippen molar-refractivity contribution in [1.82, 2.24) is 10.2 Å². The summed E-state index contributed by atoms with van der Waals surface area (Å²) < 4.78 is 10.6. The molecule has 1 aliphatic heterocycles. The largest absolute Gasteiger partial charge is 0.495 e. The summed E-state index contributed by atoms with van der Waals surface area (Å²) in [7, 11) is 3.02. The second-order valence-electron chi connectivity index (χ2n) is 8.37. The van der Waals surface area contributed by atoms with Crippen LogP contribution in [0.4, 0.5) is 10.5 Å². The minimum absolute atomic E-state index is 0.0550. The van der Waals surface area contributed by atoms with Crippen molar-refractivity contribution in [2.24, 2.45) is 5.41 Å². The van der Waals surface area contributed by atoms with E-state index in [2.05, 4.69) is 10.6 Å². The number of ether oxygens (including phenoxy) is 2. The normalized spacial score (nSPS) is 18.1. The van der Waals surface area contributed by atoms with Gasteiger partial charge in [0.05, 0.1) is 30.3 Å². The zero-order chi connectivity index (χ0) is 23.3. The van der Waals surface area contributed by atoms with Crippen LogP contribution in [-0.4, -0.2) is 44.1 Å². The summed E-state index contributed by atoms with van der Waals surface area (Å²) in [5.74, 6) is 0.841. The minimum atomic E-state index is -0.665. The molecule has 1 atom stereocenters. The summed E-state index contributed by atoms with van der Waals surface area (Å²) in [6.07, 6.45) is 1.45. The second-order valence-corrected chi connectivity index (χ2v) is 8.78. The highest BCUT2D eigenvalue weighted by atomic mass is 35.5. The van der Waals surface area contributed by atoms with Gasteiger partial charge in [-0.05, 0) is 38.3 Å². The maximum atomic E-state index is 13.0. The van der Waals surface area contributed by atoms with Gasteiger partial charge in [0, 0.05) is 25.7 Å². The molecule has 0 unspecified atom stereocenters.